The molecule has 7 heteroatoms. The molecule has 1 unspecified atom stereocenters. The Morgan fingerprint density at radius 2 is 1.86 bits per heavy atom. The van der Waals surface area contributed by atoms with Gasteiger partial charge in [-0.3, -0.25) is 4.79 Å². The van der Waals surface area contributed by atoms with Crippen molar-refractivity contribution in [1.29, 1.82) is 0 Å². The summed E-state index contributed by atoms with van der Waals surface area (Å²) in [5.74, 6) is -1.01. The van der Waals surface area contributed by atoms with Gasteiger partial charge in [0, 0.05) is 43.8 Å². The number of aromatic nitrogens is 2. The SMILES string of the molecule is COCC(=O)[C@H](C[C@H](F)CN)C(c1nc(-c2cccc(F)c2)cn1Cc1ccccc1)C(C)(C)C. The van der Waals surface area contributed by atoms with Crippen LogP contribution in [0.25, 0.3) is 11.3 Å². The predicted octanol–water partition coefficient (Wildman–Crippen LogP) is 5.39. The summed E-state index contributed by atoms with van der Waals surface area (Å²) in [6, 6.07) is 16.1. The van der Waals surface area contributed by atoms with Crippen molar-refractivity contribution in [2.45, 2.75) is 45.8 Å². The van der Waals surface area contributed by atoms with Crippen LogP contribution in [-0.2, 0) is 16.1 Å². The van der Waals surface area contributed by atoms with Crippen LogP contribution < -0.4 is 5.73 Å². The van der Waals surface area contributed by atoms with E-state index in [0.717, 1.165) is 5.56 Å². The number of alkyl halides is 1. The van der Waals surface area contributed by atoms with Crippen LogP contribution in [0, 0.1) is 17.2 Å². The van der Waals surface area contributed by atoms with Gasteiger partial charge in [0.25, 0.3) is 0 Å². The van der Waals surface area contributed by atoms with Crippen molar-refractivity contribution in [1.82, 2.24) is 9.55 Å². The first-order valence-electron chi connectivity index (χ1n) is 11.9. The Labute approximate surface area is 206 Å². The van der Waals surface area contributed by atoms with Gasteiger partial charge in [-0.15, -0.1) is 0 Å². The van der Waals surface area contributed by atoms with E-state index < -0.39 is 23.4 Å². The molecule has 0 bridgehead atoms. The third-order valence-electron chi connectivity index (χ3n) is 6.20. The fourth-order valence-corrected chi connectivity index (χ4v) is 4.62. The highest BCUT2D eigenvalue weighted by Gasteiger charge is 2.41. The van der Waals surface area contributed by atoms with Crippen molar-refractivity contribution < 1.29 is 18.3 Å². The summed E-state index contributed by atoms with van der Waals surface area (Å²) in [5, 5.41) is 0. The molecule has 0 amide bonds. The summed E-state index contributed by atoms with van der Waals surface area (Å²) in [5.41, 5.74) is 7.43. The number of ketones is 1. The Hall–Kier alpha value is -2.90. The van der Waals surface area contributed by atoms with Gasteiger partial charge < -0.3 is 15.0 Å². The molecule has 0 aliphatic carbocycles. The van der Waals surface area contributed by atoms with Crippen LogP contribution in [-0.4, -0.2) is 41.8 Å². The van der Waals surface area contributed by atoms with Crippen LogP contribution in [0.1, 0.15) is 44.5 Å². The molecule has 188 valence electrons. The van der Waals surface area contributed by atoms with E-state index in [0.29, 0.717) is 23.6 Å². The normalized spacial score (nSPS) is 14.5. The highest BCUT2D eigenvalue weighted by atomic mass is 19.1. The summed E-state index contributed by atoms with van der Waals surface area (Å²) in [7, 11) is 1.45. The number of imidazole rings is 1. The molecular weight excluding hydrogens is 448 g/mol. The molecule has 2 aromatic carbocycles. The zero-order chi connectivity index (χ0) is 25.6. The maximum Gasteiger partial charge on any atom is 0.162 e. The summed E-state index contributed by atoms with van der Waals surface area (Å²) in [6.07, 6.45) is 0.531. The van der Waals surface area contributed by atoms with E-state index in [1.165, 1.54) is 19.2 Å². The quantitative estimate of drug-likeness (QED) is 0.397. The van der Waals surface area contributed by atoms with Crippen molar-refractivity contribution >= 4 is 5.78 Å². The van der Waals surface area contributed by atoms with Crippen LogP contribution in [0.3, 0.4) is 0 Å². The fraction of sp³-hybridized carbons (Fsp3) is 0.429. The lowest BCUT2D eigenvalue weighted by Crippen LogP contribution is -2.37. The first-order chi connectivity index (χ1) is 16.6. The lowest BCUT2D eigenvalue weighted by atomic mass is 9.69. The molecule has 5 nitrogen and oxygen atoms in total. The summed E-state index contributed by atoms with van der Waals surface area (Å²) >= 11 is 0. The van der Waals surface area contributed by atoms with Crippen molar-refractivity contribution in [3.8, 4) is 11.3 Å². The topological polar surface area (TPSA) is 70.1 Å². The summed E-state index contributed by atoms with van der Waals surface area (Å²) < 4.78 is 35.8. The maximum absolute atomic E-state index is 14.6. The largest absolute Gasteiger partial charge is 0.377 e. The first kappa shape index (κ1) is 26.7. The second-order valence-corrected chi connectivity index (χ2v) is 10.0. The molecule has 0 saturated carbocycles. The number of nitrogens with zero attached hydrogens (tertiary/aromatic N) is 2. The second kappa shape index (κ2) is 11.7. The maximum atomic E-state index is 14.6. The van der Waals surface area contributed by atoms with Gasteiger partial charge in [0.1, 0.15) is 24.4 Å². The number of halogens is 2. The molecule has 0 saturated heterocycles. The van der Waals surface area contributed by atoms with Gasteiger partial charge in [-0.1, -0.05) is 63.2 Å². The predicted molar refractivity (Wildman–Crippen MR) is 134 cm³/mol. The number of carbonyl (C=O) groups is 1. The highest BCUT2D eigenvalue weighted by molar-refractivity contribution is 5.83. The molecule has 1 heterocycles. The molecule has 3 rings (SSSR count). The van der Waals surface area contributed by atoms with Gasteiger partial charge >= 0.3 is 0 Å². The molecule has 0 fully saturated rings. The number of benzene rings is 2. The van der Waals surface area contributed by atoms with Crippen molar-refractivity contribution in [2.75, 3.05) is 20.3 Å². The van der Waals surface area contributed by atoms with E-state index in [1.54, 1.807) is 12.1 Å². The number of nitrogens with two attached hydrogens (primary N) is 1. The smallest absolute Gasteiger partial charge is 0.162 e. The molecule has 0 spiro atoms. The highest BCUT2D eigenvalue weighted by Crippen LogP contribution is 2.44. The summed E-state index contributed by atoms with van der Waals surface area (Å²) in [6.45, 7) is 6.27. The number of ether oxygens (including phenoxy) is 1. The summed E-state index contributed by atoms with van der Waals surface area (Å²) in [4.78, 5) is 18.2. The third kappa shape index (κ3) is 6.83. The van der Waals surface area contributed by atoms with Crippen LogP contribution in [0.2, 0.25) is 0 Å². The van der Waals surface area contributed by atoms with Crippen molar-refractivity contribution in [2.24, 2.45) is 17.1 Å². The first-order valence-corrected chi connectivity index (χ1v) is 11.9. The minimum Gasteiger partial charge on any atom is -0.377 e. The molecular formula is C28H35F2N3O2. The molecule has 3 aromatic rings. The third-order valence-corrected chi connectivity index (χ3v) is 6.20. The van der Waals surface area contributed by atoms with Crippen LogP contribution in [0.15, 0.2) is 60.8 Å². The van der Waals surface area contributed by atoms with Gasteiger partial charge in [0.15, 0.2) is 5.78 Å². The number of hydrogen-bond acceptors (Lipinski definition) is 4. The fourth-order valence-electron chi connectivity index (χ4n) is 4.62. The minimum atomic E-state index is -1.33. The van der Waals surface area contributed by atoms with Crippen molar-refractivity contribution in [3.63, 3.8) is 0 Å². The van der Waals surface area contributed by atoms with Gasteiger partial charge in [-0.25, -0.2) is 13.8 Å². The molecule has 2 N–H and O–H groups in total. The Bertz CT molecular complexity index is 1110. The average Bonchev–Trinajstić information content (AvgIpc) is 3.21. The van der Waals surface area contributed by atoms with E-state index in [4.69, 9.17) is 15.5 Å². The standard InChI is InChI=1S/C28H35F2N3O2/c1-28(2,3)26(23(14-22(30)15-31)25(34)18-35-4)27-32-24(20-11-8-12-21(29)13-20)17-33(27)16-19-9-6-5-7-10-19/h5-13,17,22-23,26H,14-16,18,31H2,1-4H3/t22-,23-,26?/m0/s1. The molecule has 3 atom stereocenters. The lowest BCUT2D eigenvalue weighted by Gasteiger charge is -2.37. The monoisotopic (exact) mass is 483 g/mol. The number of carbonyl (C=O) groups excluding carboxylic acids is 1. The number of methoxy groups -OCH3 is 1. The Morgan fingerprint density at radius 1 is 1.14 bits per heavy atom. The lowest BCUT2D eigenvalue weighted by molar-refractivity contribution is -0.129. The molecule has 0 aliphatic rings. The Balaban J connectivity index is 2.18. The van der Waals surface area contributed by atoms with Crippen molar-refractivity contribution in [3.05, 3.63) is 78.0 Å². The van der Waals surface area contributed by atoms with Gasteiger partial charge in [-0.05, 0) is 29.5 Å². The molecule has 1 aromatic heterocycles. The van der Waals surface area contributed by atoms with E-state index in [1.807, 2.05) is 61.9 Å². The average molecular weight is 484 g/mol. The van der Waals surface area contributed by atoms with E-state index in [-0.39, 0.29) is 31.2 Å². The van der Waals surface area contributed by atoms with E-state index in [9.17, 15) is 13.6 Å². The second-order valence-electron chi connectivity index (χ2n) is 10.0. The van der Waals surface area contributed by atoms with E-state index >= 15 is 0 Å². The van der Waals surface area contributed by atoms with E-state index in [2.05, 4.69) is 0 Å². The van der Waals surface area contributed by atoms with Crippen LogP contribution in [0.5, 0.6) is 0 Å². The van der Waals surface area contributed by atoms with Gasteiger partial charge in [0.2, 0.25) is 0 Å². The number of rotatable bonds is 11. The van der Waals surface area contributed by atoms with Gasteiger partial charge in [0.05, 0.1) is 5.69 Å². The molecule has 0 aliphatic heterocycles. The zero-order valence-electron chi connectivity index (χ0n) is 20.9. The molecule has 35 heavy (non-hydrogen) atoms. The Morgan fingerprint density at radius 3 is 2.46 bits per heavy atom. The van der Waals surface area contributed by atoms with Gasteiger partial charge in [-0.2, -0.15) is 0 Å². The molecule has 0 radical (unpaired) electrons. The minimum absolute atomic E-state index is 0.0197. The Kier molecular flexibility index (Phi) is 8.92. The number of hydrogen-bond donors (Lipinski definition) is 1. The van der Waals surface area contributed by atoms with Crippen LogP contribution in [0.4, 0.5) is 8.78 Å². The van der Waals surface area contributed by atoms with Crippen LogP contribution >= 0.6 is 0 Å². The zero-order valence-corrected chi connectivity index (χ0v) is 20.9. The number of Topliss-reactive ketones (excluding diaryl/α,β-unsaturated/α-hetero) is 1.